The van der Waals surface area contributed by atoms with Gasteiger partial charge in [-0.15, -0.1) is 5.10 Å². The van der Waals surface area contributed by atoms with Crippen LogP contribution >= 0.6 is 23.4 Å². The molecule has 0 radical (unpaired) electrons. The Morgan fingerprint density at radius 1 is 1.22 bits per heavy atom. The van der Waals surface area contributed by atoms with E-state index in [-0.39, 0.29) is 5.54 Å². The number of thioether (sulfide) groups is 1. The second kappa shape index (κ2) is 6.09. The van der Waals surface area contributed by atoms with Crippen LogP contribution in [0.4, 0.5) is 0 Å². The molecule has 2 aromatic heterocycles. The maximum absolute atomic E-state index is 6.51. The summed E-state index contributed by atoms with van der Waals surface area (Å²) >= 11 is 8.05. The number of para-hydroxylation sites is 1. The molecule has 0 aliphatic carbocycles. The Morgan fingerprint density at radius 3 is 2.70 bits per heavy atom. The zero-order chi connectivity index (χ0) is 16.6. The number of rotatable bonds is 3. The molecular weight excluding hydrogens is 330 g/mol. The van der Waals surface area contributed by atoms with Gasteiger partial charge in [0.15, 0.2) is 0 Å². The van der Waals surface area contributed by atoms with Gasteiger partial charge in [-0.05, 0) is 49.8 Å². The predicted octanol–water partition coefficient (Wildman–Crippen LogP) is 4.23. The molecule has 120 valence electrons. The monoisotopic (exact) mass is 347 g/mol. The first kappa shape index (κ1) is 16.2. The summed E-state index contributed by atoms with van der Waals surface area (Å²) < 4.78 is 1.82. The van der Waals surface area contributed by atoms with Crippen molar-refractivity contribution < 1.29 is 0 Å². The first-order chi connectivity index (χ1) is 10.9. The Bertz CT molecular complexity index is 853. The molecule has 3 aromatic rings. The van der Waals surface area contributed by atoms with Gasteiger partial charge in [0.1, 0.15) is 0 Å². The number of aromatic nitrogens is 5. The van der Waals surface area contributed by atoms with E-state index in [1.807, 2.05) is 35.9 Å². The molecule has 2 heterocycles. The molecule has 0 unspecified atom stereocenters. The molecular formula is C16H18ClN5S. The van der Waals surface area contributed by atoms with Crippen molar-refractivity contribution in [3.8, 4) is 0 Å². The van der Waals surface area contributed by atoms with Gasteiger partial charge in [0, 0.05) is 11.1 Å². The van der Waals surface area contributed by atoms with Gasteiger partial charge < -0.3 is 0 Å². The van der Waals surface area contributed by atoms with Crippen molar-refractivity contribution in [3.05, 3.63) is 40.5 Å². The molecule has 0 aliphatic heterocycles. The normalized spacial score (nSPS) is 12.0. The largest absolute Gasteiger partial charge is 0.250 e. The highest BCUT2D eigenvalue weighted by molar-refractivity contribution is 7.98. The van der Waals surface area contributed by atoms with Crippen molar-refractivity contribution in [3.63, 3.8) is 0 Å². The molecule has 23 heavy (non-hydrogen) atoms. The Hall–Kier alpha value is -1.66. The number of hydrogen-bond donors (Lipinski definition) is 0. The smallest absolute Gasteiger partial charge is 0.210 e. The van der Waals surface area contributed by atoms with E-state index in [1.165, 1.54) is 0 Å². The fourth-order valence-corrected chi connectivity index (χ4v) is 3.63. The van der Waals surface area contributed by atoms with Gasteiger partial charge in [0.25, 0.3) is 0 Å². The van der Waals surface area contributed by atoms with Crippen LogP contribution in [0.5, 0.6) is 0 Å². The van der Waals surface area contributed by atoms with Crippen LogP contribution in [0.1, 0.15) is 32.0 Å². The third kappa shape index (κ3) is 3.19. The number of tetrazole rings is 1. The highest BCUT2D eigenvalue weighted by atomic mass is 35.5. The lowest BCUT2D eigenvalue weighted by Gasteiger charge is -2.19. The SMILES string of the molecule is Cc1c(Cl)c(CSc2nnnn2C(C)(C)C)nc2ccccc12. The molecule has 0 saturated heterocycles. The summed E-state index contributed by atoms with van der Waals surface area (Å²) in [7, 11) is 0. The number of hydrogen-bond acceptors (Lipinski definition) is 5. The summed E-state index contributed by atoms with van der Waals surface area (Å²) in [6.45, 7) is 8.23. The van der Waals surface area contributed by atoms with E-state index >= 15 is 0 Å². The van der Waals surface area contributed by atoms with Crippen molar-refractivity contribution in [2.75, 3.05) is 0 Å². The zero-order valence-corrected chi connectivity index (χ0v) is 15.1. The lowest BCUT2D eigenvalue weighted by atomic mass is 10.1. The Morgan fingerprint density at radius 2 is 1.96 bits per heavy atom. The van der Waals surface area contributed by atoms with Gasteiger partial charge in [-0.25, -0.2) is 4.68 Å². The van der Waals surface area contributed by atoms with E-state index in [0.717, 1.165) is 27.3 Å². The fourth-order valence-electron chi connectivity index (χ4n) is 2.34. The number of fused-ring (bicyclic) bond motifs is 1. The molecule has 0 amide bonds. The maximum atomic E-state index is 6.51. The minimum Gasteiger partial charge on any atom is -0.250 e. The van der Waals surface area contributed by atoms with Gasteiger partial charge in [-0.2, -0.15) is 0 Å². The third-order valence-corrected chi connectivity index (χ3v) is 4.99. The number of aryl methyl sites for hydroxylation is 1. The average Bonchev–Trinajstić information content (AvgIpc) is 2.98. The van der Waals surface area contributed by atoms with Crippen LogP contribution in [-0.4, -0.2) is 25.2 Å². The molecule has 0 aliphatic rings. The van der Waals surface area contributed by atoms with Crippen molar-refractivity contribution in [2.24, 2.45) is 0 Å². The molecule has 0 fully saturated rings. The van der Waals surface area contributed by atoms with Crippen LogP contribution in [0.3, 0.4) is 0 Å². The Labute approximate surface area is 144 Å². The van der Waals surface area contributed by atoms with Crippen molar-refractivity contribution >= 4 is 34.3 Å². The second-order valence-corrected chi connectivity index (χ2v) is 7.67. The summed E-state index contributed by atoms with van der Waals surface area (Å²) in [6, 6.07) is 8.03. The maximum Gasteiger partial charge on any atom is 0.210 e. The summed E-state index contributed by atoms with van der Waals surface area (Å²) in [5, 5.41) is 14.5. The van der Waals surface area contributed by atoms with Gasteiger partial charge in [0.05, 0.1) is 21.8 Å². The molecule has 0 bridgehead atoms. The molecule has 5 nitrogen and oxygen atoms in total. The zero-order valence-electron chi connectivity index (χ0n) is 13.5. The van der Waals surface area contributed by atoms with E-state index in [2.05, 4.69) is 36.3 Å². The standard InChI is InChI=1S/C16H18ClN5S/c1-10-11-7-5-6-8-12(11)18-13(14(10)17)9-23-15-19-20-21-22(15)16(2,3)4/h5-8H,9H2,1-4H3. The molecule has 0 N–H and O–H groups in total. The van der Waals surface area contributed by atoms with E-state index in [4.69, 9.17) is 16.6 Å². The summed E-state index contributed by atoms with van der Waals surface area (Å²) in [5.74, 6) is 0.626. The van der Waals surface area contributed by atoms with Crippen molar-refractivity contribution in [1.82, 2.24) is 25.2 Å². The second-order valence-electron chi connectivity index (χ2n) is 6.35. The molecule has 0 spiro atoms. The van der Waals surface area contributed by atoms with E-state index in [9.17, 15) is 0 Å². The quantitative estimate of drug-likeness (QED) is 0.663. The van der Waals surface area contributed by atoms with Crippen LogP contribution in [0.15, 0.2) is 29.4 Å². The first-order valence-electron chi connectivity index (χ1n) is 7.33. The molecule has 7 heteroatoms. The number of nitrogens with zero attached hydrogens (tertiary/aromatic N) is 5. The topological polar surface area (TPSA) is 56.5 Å². The molecule has 1 aromatic carbocycles. The molecule has 3 rings (SSSR count). The van der Waals surface area contributed by atoms with Crippen molar-refractivity contribution in [1.29, 1.82) is 0 Å². The van der Waals surface area contributed by atoms with Crippen LogP contribution < -0.4 is 0 Å². The van der Waals surface area contributed by atoms with Crippen LogP contribution in [0, 0.1) is 6.92 Å². The van der Waals surface area contributed by atoms with Crippen LogP contribution in [-0.2, 0) is 11.3 Å². The highest BCUT2D eigenvalue weighted by Crippen LogP contribution is 2.31. The molecule has 0 saturated carbocycles. The Kier molecular flexibility index (Phi) is 4.29. The fraction of sp³-hybridized carbons (Fsp3) is 0.375. The lowest BCUT2D eigenvalue weighted by molar-refractivity contribution is 0.321. The summed E-state index contributed by atoms with van der Waals surface area (Å²) in [5.41, 5.74) is 2.71. The lowest BCUT2D eigenvalue weighted by Crippen LogP contribution is -2.24. The van der Waals surface area contributed by atoms with E-state index < -0.39 is 0 Å². The van der Waals surface area contributed by atoms with Gasteiger partial charge in [0.2, 0.25) is 5.16 Å². The number of benzene rings is 1. The highest BCUT2D eigenvalue weighted by Gasteiger charge is 2.20. The van der Waals surface area contributed by atoms with Crippen molar-refractivity contribution in [2.45, 2.75) is 44.1 Å². The van der Waals surface area contributed by atoms with Gasteiger partial charge in [-0.1, -0.05) is 41.6 Å². The van der Waals surface area contributed by atoms with Crippen LogP contribution in [0.2, 0.25) is 5.02 Å². The Balaban J connectivity index is 1.91. The average molecular weight is 348 g/mol. The summed E-state index contributed by atoms with van der Waals surface area (Å²) in [4.78, 5) is 4.70. The number of halogens is 1. The summed E-state index contributed by atoms with van der Waals surface area (Å²) in [6.07, 6.45) is 0. The molecule has 0 atom stereocenters. The van der Waals surface area contributed by atoms with E-state index in [1.54, 1.807) is 11.8 Å². The minimum atomic E-state index is -0.164. The minimum absolute atomic E-state index is 0.164. The number of pyridine rings is 1. The third-order valence-electron chi connectivity index (χ3n) is 3.56. The van der Waals surface area contributed by atoms with Gasteiger partial charge >= 0.3 is 0 Å². The predicted molar refractivity (Wildman–Crippen MR) is 93.9 cm³/mol. The first-order valence-corrected chi connectivity index (χ1v) is 8.69. The van der Waals surface area contributed by atoms with Gasteiger partial charge in [-0.3, -0.25) is 4.98 Å². The van der Waals surface area contributed by atoms with E-state index in [0.29, 0.717) is 10.8 Å². The van der Waals surface area contributed by atoms with Crippen LogP contribution in [0.25, 0.3) is 10.9 Å².